The van der Waals surface area contributed by atoms with Crippen LogP contribution in [0.5, 0.6) is 0 Å². The number of carboxylic acids is 2. The van der Waals surface area contributed by atoms with Crippen molar-refractivity contribution in [3.05, 3.63) is 33.8 Å². The lowest BCUT2D eigenvalue weighted by Gasteiger charge is -2.24. The second-order valence-electron chi connectivity index (χ2n) is 3.83. The van der Waals surface area contributed by atoms with Crippen molar-refractivity contribution in [2.24, 2.45) is 0 Å². The molecular formula is C11H10Cl2O4. The molecule has 0 saturated heterocycles. The molecule has 0 amide bonds. The lowest BCUT2D eigenvalue weighted by Crippen LogP contribution is -2.35. The van der Waals surface area contributed by atoms with E-state index in [0.717, 1.165) is 0 Å². The average Bonchev–Trinajstić information content (AvgIpc) is 2.15. The Labute approximate surface area is 108 Å². The highest BCUT2D eigenvalue weighted by Gasteiger charge is 2.39. The van der Waals surface area contributed by atoms with Gasteiger partial charge in [-0.05, 0) is 24.6 Å². The van der Waals surface area contributed by atoms with Crippen LogP contribution in [-0.4, -0.2) is 22.2 Å². The van der Waals surface area contributed by atoms with Crippen molar-refractivity contribution in [2.75, 3.05) is 0 Å². The summed E-state index contributed by atoms with van der Waals surface area (Å²) in [6, 6.07) is 4.30. The van der Waals surface area contributed by atoms with Crippen molar-refractivity contribution in [1.82, 2.24) is 0 Å². The number of rotatable bonds is 4. The Kier molecular flexibility index (Phi) is 4.01. The van der Waals surface area contributed by atoms with Crippen LogP contribution in [0.25, 0.3) is 0 Å². The molecule has 1 unspecified atom stereocenters. The Morgan fingerprint density at radius 3 is 2.29 bits per heavy atom. The summed E-state index contributed by atoms with van der Waals surface area (Å²) in [6.07, 6.45) is -0.552. The number of hydrogen-bond donors (Lipinski definition) is 2. The quantitative estimate of drug-likeness (QED) is 0.887. The van der Waals surface area contributed by atoms with E-state index < -0.39 is 23.8 Å². The lowest BCUT2D eigenvalue weighted by molar-refractivity contribution is -0.149. The first-order valence-electron chi connectivity index (χ1n) is 4.68. The van der Waals surface area contributed by atoms with Gasteiger partial charge in [-0.1, -0.05) is 29.3 Å². The van der Waals surface area contributed by atoms with Gasteiger partial charge in [-0.2, -0.15) is 0 Å². The molecule has 1 atom stereocenters. The fourth-order valence-electron chi connectivity index (χ4n) is 1.53. The highest BCUT2D eigenvalue weighted by atomic mass is 35.5. The molecule has 0 bridgehead atoms. The van der Waals surface area contributed by atoms with Gasteiger partial charge in [-0.15, -0.1) is 0 Å². The van der Waals surface area contributed by atoms with E-state index in [2.05, 4.69) is 0 Å². The molecule has 92 valence electrons. The maximum atomic E-state index is 11.2. The Morgan fingerprint density at radius 1 is 1.29 bits per heavy atom. The molecule has 4 nitrogen and oxygen atoms in total. The first-order valence-corrected chi connectivity index (χ1v) is 5.43. The van der Waals surface area contributed by atoms with Crippen LogP contribution in [-0.2, 0) is 15.0 Å². The number of hydrogen-bond acceptors (Lipinski definition) is 2. The van der Waals surface area contributed by atoms with Crippen LogP contribution in [0.1, 0.15) is 18.9 Å². The number of carboxylic acid groups (broad SMARTS) is 2. The average molecular weight is 277 g/mol. The van der Waals surface area contributed by atoms with Crippen molar-refractivity contribution in [3.8, 4) is 0 Å². The standard InChI is InChI=1S/C11H10Cl2O4/c1-11(10(16)17,5-9(14)15)7-3-2-6(12)4-8(7)13/h2-4H,5H2,1H3,(H,14,15)(H,16,17). The predicted molar refractivity (Wildman–Crippen MR) is 63.7 cm³/mol. The first-order chi connectivity index (χ1) is 7.77. The highest BCUT2D eigenvalue weighted by molar-refractivity contribution is 6.35. The van der Waals surface area contributed by atoms with Gasteiger partial charge < -0.3 is 10.2 Å². The molecule has 17 heavy (non-hydrogen) atoms. The van der Waals surface area contributed by atoms with Gasteiger partial charge in [-0.25, -0.2) is 0 Å². The van der Waals surface area contributed by atoms with E-state index in [-0.39, 0.29) is 10.6 Å². The number of carbonyl (C=O) groups is 2. The summed E-state index contributed by atoms with van der Waals surface area (Å²) in [5, 5.41) is 18.5. The minimum Gasteiger partial charge on any atom is -0.481 e. The largest absolute Gasteiger partial charge is 0.481 e. The van der Waals surface area contributed by atoms with Crippen molar-refractivity contribution in [3.63, 3.8) is 0 Å². The molecule has 1 aromatic carbocycles. The predicted octanol–water partition coefficient (Wildman–Crippen LogP) is 2.81. The van der Waals surface area contributed by atoms with Crippen LogP contribution in [0.15, 0.2) is 18.2 Å². The van der Waals surface area contributed by atoms with Crippen LogP contribution >= 0.6 is 23.2 Å². The van der Waals surface area contributed by atoms with Gasteiger partial charge in [0.05, 0.1) is 6.42 Å². The molecule has 0 heterocycles. The normalized spacial score (nSPS) is 14.1. The minimum absolute atomic E-state index is 0.142. The maximum absolute atomic E-state index is 11.2. The van der Waals surface area contributed by atoms with Gasteiger partial charge in [0.2, 0.25) is 0 Å². The van der Waals surface area contributed by atoms with Crippen molar-refractivity contribution in [2.45, 2.75) is 18.8 Å². The number of aliphatic carboxylic acids is 2. The summed E-state index contributed by atoms with van der Waals surface area (Å²) < 4.78 is 0. The molecule has 0 aliphatic heterocycles. The Morgan fingerprint density at radius 2 is 1.88 bits per heavy atom. The SMILES string of the molecule is CC(CC(=O)O)(C(=O)O)c1ccc(Cl)cc1Cl. The van der Waals surface area contributed by atoms with E-state index in [1.54, 1.807) is 0 Å². The fourth-order valence-corrected chi connectivity index (χ4v) is 2.14. The molecule has 0 fully saturated rings. The second-order valence-corrected chi connectivity index (χ2v) is 4.68. The molecule has 0 spiro atoms. The van der Waals surface area contributed by atoms with Gasteiger partial charge in [0.25, 0.3) is 0 Å². The molecule has 1 aromatic rings. The van der Waals surface area contributed by atoms with Gasteiger partial charge in [0.15, 0.2) is 0 Å². The van der Waals surface area contributed by atoms with E-state index >= 15 is 0 Å². The fraction of sp³-hybridized carbons (Fsp3) is 0.273. The molecule has 0 aromatic heterocycles. The summed E-state index contributed by atoms with van der Waals surface area (Å²) in [7, 11) is 0. The van der Waals surface area contributed by atoms with E-state index in [9.17, 15) is 14.7 Å². The van der Waals surface area contributed by atoms with Crippen LogP contribution in [0.3, 0.4) is 0 Å². The number of benzene rings is 1. The van der Waals surface area contributed by atoms with Crippen molar-refractivity contribution in [1.29, 1.82) is 0 Å². The third-order valence-corrected chi connectivity index (χ3v) is 3.05. The summed E-state index contributed by atoms with van der Waals surface area (Å²) in [4.78, 5) is 22.0. The van der Waals surface area contributed by atoms with Crippen molar-refractivity contribution >= 4 is 35.1 Å². The molecule has 0 aliphatic carbocycles. The summed E-state index contributed by atoms with van der Waals surface area (Å²) >= 11 is 11.6. The zero-order chi connectivity index (χ0) is 13.2. The van der Waals surface area contributed by atoms with Gasteiger partial charge in [0, 0.05) is 10.0 Å². The smallest absolute Gasteiger partial charge is 0.314 e. The third-order valence-electron chi connectivity index (χ3n) is 2.50. The molecule has 0 aliphatic rings. The van der Waals surface area contributed by atoms with E-state index in [0.29, 0.717) is 5.02 Å². The second kappa shape index (κ2) is 4.94. The highest BCUT2D eigenvalue weighted by Crippen LogP contribution is 2.35. The summed E-state index contributed by atoms with van der Waals surface area (Å²) in [5.74, 6) is -2.45. The molecule has 0 saturated carbocycles. The first kappa shape index (κ1) is 13.8. The van der Waals surface area contributed by atoms with Gasteiger partial charge in [-0.3, -0.25) is 9.59 Å². The minimum atomic E-state index is -1.58. The Bertz CT molecular complexity index is 473. The van der Waals surface area contributed by atoms with Gasteiger partial charge >= 0.3 is 11.9 Å². The van der Waals surface area contributed by atoms with E-state index in [4.69, 9.17) is 28.3 Å². The summed E-state index contributed by atoms with van der Waals surface area (Å²) in [5.41, 5.74) is -1.34. The monoisotopic (exact) mass is 276 g/mol. The van der Waals surface area contributed by atoms with Crippen molar-refractivity contribution < 1.29 is 19.8 Å². The molecule has 2 N–H and O–H groups in total. The van der Waals surface area contributed by atoms with E-state index in [1.807, 2.05) is 0 Å². The molecule has 0 radical (unpaired) electrons. The lowest BCUT2D eigenvalue weighted by atomic mass is 9.79. The molecule has 1 rings (SSSR count). The maximum Gasteiger partial charge on any atom is 0.314 e. The third kappa shape index (κ3) is 2.90. The van der Waals surface area contributed by atoms with Crippen LogP contribution in [0.4, 0.5) is 0 Å². The van der Waals surface area contributed by atoms with Crippen LogP contribution in [0, 0.1) is 0 Å². The summed E-state index contributed by atoms with van der Waals surface area (Å²) in [6.45, 7) is 1.32. The zero-order valence-corrected chi connectivity index (χ0v) is 10.4. The van der Waals surface area contributed by atoms with Crippen LogP contribution in [0.2, 0.25) is 10.0 Å². The van der Waals surface area contributed by atoms with Crippen LogP contribution < -0.4 is 0 Å². The zero-order valence-electron chi connectivity index (χ0n) is 8.91. The van der Waals surface area contributed by atoms with Gasteiger partial charge in [0.1, 0.15) is 5.41 Å². The number of halogens is 2. The Balaban J connectivity index is 3.32. The topological polar surface area (TPSA) is 74.6 Å². The Hall–Kier alpha value is -1.26. The molecular weight excluding hydrogens is 267 g/mol. The molecule has 6 heteroatoms. The van der Waals surface area contributed by atoms with E-state index in [1.165, 1.54) is 25.1 Å².